The van der Waals surface area contributed by atoms with E-state index in [0.717, 1.165) is 27.9 Å². The first-order valence-corrected chi connectivity index (χ1v) is 11.6. The molecule has 0 atom stereocenters. The number of phenolic OH excluding ortho intramolecular Hbond substituents is 2. The monoisotopic (exact) mass is 473 g/mol. The predicted molar refractivity (Wildman–Crippen MR) is 144 cm³/mol. The minimum absolute atomic E-state index is 0.0671. The second-order valence-corrected chi connectivity index (χ2v) is 10.5. The van der Waals surface area contributed by atoms with E-state index in [0.29, 0.717) is 17.3 Å². The number of aromatic hydroxyl groups is 2. The van der Waals surface area contributed by atoms with Crippen molar-refractivity contribution in [2.24, 2.45) is 10.1 Å². The van der Waals surface area contributed by atoms with E-state index in [1.54, 1.807) is 24.4 Å². The van der Waals surface area contributed by atoms with E-state index in [1.807, 2.05) is 42.5 Å². The van der Waals surface area contributed by atoms with Crippen LogP contribution in [0.1, 0.15) is 63.8 Å². The Balaban J connectivity index is 2.11. The zero-order valence-electron chi connectivity index (χ0n) is 21.5. The molecule has 0 aliphatic heterocycles. The number of hydrogen-bond acceptors (Lipinski definition) is 5. The summed E-state index contributed by atoms with van der Waals surface area (Å²) in [5.41, 5.74) is 6.58. The summed E-state index contributed by atoms with van der Waals surface area (Å²) in [6.07, 6.45) is 1.64. The second kappa shape index (κ2) is 10.2. The highest BCUT2D eigenvalue weighted by Crippen LogP contribution is 2.40. The Morgan fingerprint density at radius 1 is 0.857 bits per heavy atom. The van der Waals surface area contributed by atoms with Crippen LogP contribution in [-0.4, -0.2) is 29.4 Å². The molecule has 0 aromatic heterocycles. The molecule has 0 heterocycles. The third-order valence-electron chi connectivity index (χ3n) is 5.58. The number of ether oxygens (including phenoxy) is 1. The molecule has 3 aromatic carbocycles. The molecule has 3 N–H and O–H groups in total. The molecule has 6 nitrogen and oxygen atoms in total. The fraction of sp³-hybridized carbons (Fsp3) is 0.310. The summed E-state index contributed by atoms with van der Waals surface area (Å²) in [6.45, 7) is 12.5. The van der Waals surface area contributed by atoms with Gasteiger partial charge in [0.1, 0.15) is 5.75 Å². The summed E-state index contributed by atoms with van der Waals surface area (Å²) in [4.78, 5) is 4.83. The van der Waals surface area contributed by atoms with Crippen molar-refractivity contribution < 1.29 is 14.9 Å². The van der Waals surface area contributed by atoms with Gasteiger partial charge in [-0.15, -0.1) is 0 Å². The van der Waals surface area contributed by atoms with E-state index in [1.165, 1.54) is 7.11 Å². The lowest BCUT2D eigenvalue weighted by Gasteiger charge is -2.28. The van der Waals surface area contributed by atoms with Gasteiger partial charge in [0.2, 0.25) is 0 Å². The smallest absolute Gasteiger partial charge is 0.161 e. The molecule has 0 fully saturated rings. The van der Waals surface area contributed by atoms with Gasteiger partial charge >= 0.3 is 0 Å². The lowest BCUT2D eigenvalue weighted by atomic mass is 9.78. The number of nitrogens with zero attached hydrogens (tertiary/aromatic N) is 2. The second-order valence-electron chi connectivity index (χ2n) is 10.5. The number of aliphatic imine (C=N–C) groups is 1. The fourth-order valence-corrected chi connectivity index (χ4v) is 3.64. The SMILES string of the molecule is COc1cc(/C=N/NC(=Nc2ccccc2)c2cc(C(C)(C)C)c(O)c(C(C)(C)C)c2)ccc1O. The Bertz CT molecular complexity index is 1200. The van der Waals surface area contributed by atoms with Crippen LogP contribution in [0.2, 0.25) is 0 Å². The molecule has 0 radical (unpaired) electrons. The van der Waals surface area contributed by atoms with Crippen LogP contribution in [0.5, 0.6) is 17.2 Å². The molecule has 184 valence electrons. The lowest BCUT2D eigenvalue weighted by molar-refractivity contribution is 0.373. The average Bonchev–Trinajstić information content (AvgIpc) is 2.79. The number of rotatable bonds is 5. The Morgan fingerprint density at radius 3 is 2.00 bits per heavy atom. The van der Waals surface area contributed by atoms with E-state index in [9.17, 15) is 10.2 Å². The van der Waals surface area contributed by atoms with Crippen molar-refractivity contribution in [3.05, 3.63) is 82.9 Å². The topological polar surface area (TPSA) is 86.4 Å². The standard InChI is InChI=1S/C29H35N3O3/c1-28(2,3)22-16-20(17-23(26(22)34)29(4,5)6)27(31-21-11-9-8-10-12-21)32-30-18-19-13-14-24(33)25(15-19)35-7/h8-18,33-34H,1-7H3,(H,31,32)/b30-18+. The minimum Gasteiger partial charge on any atom is -0.507 e. The molecule has 35 heavy (non-hydrogen) atoms. The Kier molecular flexibility index (Phi) is 7.54. The van der Waals surface area contributed by atoms with Gasteiger partial charge in [-0.3, -0.25) is 5.43 Å². The molecule has 6 heteroatoms. The minimum atomic E-state index is -0.274. The summed E-state index contributed by atoms with van der Waals surface area (Å²) < 4.78 is 5.18. The van der Waals surface area contributed by atoms with Gasteiger partial charge in [-0.2, -0.15) is 5.10 Å². The van der Waals surface area contributed by atoms with Crippen molar-refractivity contribution in [1.82, 2.24) is 5.43 Å². The van der Waals surface area contributed by atoms with Crippen molar-refractivity contribution in [3.8, 4) is 17.2 Å². The first kappa shape index (κ1) is 25.8. The summed E-state index contributed by atoms with van der Waals surface area (Å²) in [5, 5.41) is 25.4. The molecule has 0 saturated heterocycles. The van der Waals surface area contributed by atoms with Gasteiger partial charge < -0.3 is 14.9 Å². The number of hydrogen-bond donors (Lipinski definition) is 3. The molecule has 3 rings (SSSR count). The van der Waals surface area contributed by atoms with Crippen LogP contribution in [0.15, 0.2) is 70.8 Å². The van der Waals surface area contributed by atoms with E-state index in [2.05, 4.69) is 52.1 Å². The van der Waals surface area contributed by atoms with E-state index in [-0.39, 0.29) is 16.6 Å². The maximum absolute atomic E-state index is 11.1. The zero-order chi connectivity index (χ0) is 25.8. The van der Waals surface area contributed by atoms with Crippen molar-refractivity contribution in [1.29, 1.82) is 0 Å². The van der Waals surface area contributed by atoms with E-state index < -0.39 is 0 Å². The first-order valence-electron chi connectivity index (χ1n) is 11.6. The number of nitrogens with one attached hydrogen (secondary N) is 1. The van der Waals surface area contributed by atoms with Crippen LogP contribution in [-0.2, 0) is 10.8 Å². The van der Waals surface area contributed by atoms with Crippen LogP contribution in [0, 0.1) is 0 Å². The molecule has 3 aromatic rings. The summed E-state index contributed by atoms with van der Waals surface area (Å²) >= 11 is 0. The zero-order valence-corrected chi connectivity index (χ0v) is 21.5. The van der Waals surface area contributed by atoms with Gasteiger partial charge in [-0.25, -0.2) is 4.99 Å². The third-order valence-corrected chi connectivity index (χ3v) is 5.58. The predicted octanol–water partition coefficient (Wildman–Crippen LogP) is 6.40. The number of benzene rings is 3. The molecule has 0 unspecified atom stereocenters. The Labute approximate surface area is 208 Å². The number of amidine groups is 1. The van der Waals surface area contributed by atoms with Crippen LogP contribution in [0.4, 0.5) is 5.69 Å². The highest BCUT2D eigenvalue weighted by Gasteiger charge is 2.27. The largest absolute Gasteiger partial charge is 0.507 e. The lowest BCUT2D eigenvalue weighted by Crippen LogP contribution is -2.23. The van der Waals surface area contributed by atoms with E-state index in [4.69, 9.17) is 9.73 Å². The summed E-state index contributed by atoms with van der Waals surface area (Å²) in [6, 6.07) is 18.6. The molecule has 0 spiro atoms. The van der Waals surface area contributed by atoms with Gasteiger partial charge in [-0.1, -0.05) is 59.7 Å². The first-order chi connectivity index (χ1) is 16.4. The van der Waals surface area contributed by atoms with E-state index >= 15 is 0 Å². The number of phenols is 2. The highest BCUT2D eigenvalue weighted by molar-refractivity contribution is 6.01. The average molecular weight is 474 g/mol. The molecule has 0 bridgehead atoms. The maximum atomic E-state index is 11.1. The Hall–Kier alpha value is -3.80. The normalized spacial score (nSPS) is 12.7. The van der Waals surface area contributed by atoms with Crippen molar-refractivity contribution >= 4 is 17.7 Å². The van der Waals surface area contributed by atoms with Gasteiger partial charge in [0.05, 0.1) is 19.0 Å². The van der Waals surface area contributed by atoms with Gasteiger partial charge in [-0.05, 0) is 58.9 Å². The molecular weight excluding hydrogens is 438 g/mol. The fourth-order valence-electron chi connectivity index (χ4n) is 3.64. The summed E-state index contributed by atoms with van der Waals surface area (Å²) in [5.74, 6) is 1.30. The van der Waals surface area contributed by atoms with Crippen molar-refractivity contribution in [3.63, 3.8) is 0 Å². The van der Waals surface area contributed by atoms with Crippen molar-refractivity contribution in [2.75, 3.05) is 7.11 Å². The molecule has 0 aliphatic carbocycles. The Morgan fingerprint density at radius 2 is 1.46 bits per heavy atom. The number of methoxy groups -OCH3 is 1. The van der Waals surface area contributed by atoms with Crippen LogP contribution < -0.4 is 10.2 Å². The maximum Gasteiger partial charge on any atom is 0.161 e. The number of hydrazone groups is 1. The third kappa shape index (κ3) is 6.41. The highest BCUT2D eigenvalue weighted by atomic mass is 16.5. The van der Waals surface area contributed by atoms with Crippen LogP contribution in [0.25, 0.3) is 0 Å². The molecular formula is C29H35N3O3. The van der Waals surface area contributed by atoms with Crippen LogP contribution in [0.3, 0.4) is 0 Å². The number of para-hydroxylation sites is 1. The molecule has 0 amide bonds. The van der Waals surface area contributed by atoms with Crippen LogP contribution >= 0.6 is 0 Å². The van der Waals surface area contributed by atoms with Gasteiger partial charge in [0.15, 0.2) is 17.3 Å². The van der Waals surface area contributed by atoms with Gasteiger partial charge in [0, 0.05) is 16.7 Å². The summed E-state index contributed by atoms with van der Waals surface area (Å²) in [7, 11) is 1.50. The van der Waals surface area contributed by atoms with Crippen molar-refractivity contribution in [2.45, 2.75) is 52.4 Å². The molecule has 0 saturated carbocycles. The van der Waals surface area contributed by atoms with Gasteiger partial charge in [0.25, 0.3) is 0 Å². The quantitative estimate of drug-likeness (QED) is 0.227. The molecule has 0 aliphatic rings.